The second kappa shape index (κ2) is 8.89. The number of hydrogen-bond donors (Lipinski definition) is 1. The Labute approximate surface area is 151 Å². The van der Waals surface area contributed by atoms with Gasteiger partial charge in [0.05, 0.1) is 18.3 Å². The van der Waals surface area contributed by atoms with Gasteiger partial charge in [-0.25, -0.2) is 0 Å². The van der Waals surface area contributed by atoms with Crippen molar-refractivity contribution in [3.8, 4) is 5.69 Å². The highest BCUT2D eigenvalue weighted by Gasteiger charge is 2.19. The summed E-state index contributed by atoms with van der Waals surface area (Å²) in [6, 6.07) is 7.76. The fourth-order valence-electron chi connectivity index (χ4n) is 2.48. The van der Waals surface area contributed by atoms with Crippen molar-refractivity contribution >= 4 is 35.8 Å². The zero-order valence-corrected chi connectivity index (χ0v) is 15.3. The van der Waals surface area contributed by atoms with Crippen LogP contribution in [-0.2, 0) is 11.3 Å². The number of ether oxygens (including phenoxy) is 1. The highest BCUT2D eigenvalue weighted by molar-refractivity contribution is 7.99. The second-order valence-corrected chi connectivity index (χ2v) is 6.61. The zero-order chi connectivity index (χ0) is 15.4. The molecule has 2 heterocycles. The SMILES string of the molecule is CNCc1nnc(SCC2CCCO2)n1-c1cccc(Cl)c1.Cl. The fraction of sp³-hybridized carbons (Fsp3) is 0.467. The van der Waals surface area contributed by atoms with E-state index >= 15 is 0 Å². The summed E-state index contributed by atoms with van der Waals surface area (Å²) in [5.74, 6) is 1.78. The van der Waals surface area contributed by atoms with Crippen LogP contribution in [0, 0.1) is 0 Å². The van der Waals surface area contributed by atoms with Crippen molar-refractivity contribution in [2.24, 2.45) is 0 Å². The molecule has 1 N–H and O–H groups in total. The van der Waals surface area contributed by atoms with Gasteiger partial charge in [-0.15, -0.1) is 22.6 Å². The van der Waals surface area contributed by atoms with E-state index in [2.05, 4.69) is 20.1 Å². The fourth-order valence-corrected chi connectivity index (χ4v) is 3.71. The average Bonchev–Trinajstić information content (AvgIpc) is 3.15. The first-order valence-electron chi connectivity index (χ1n) is 7.37. The Morgan fingerprint density at radius 2 is 2.30 bits per heavy atom. The minimum atomic E-state index is 0. The minimum Gasteiger partial charge on any atom is -0.377 e. The van der Waals surface area contributed by atoms with Crippen molar-refractivity contribution in [3.05, 3.63) is 35.1 Å². The number of halogens is 2. The van der Waals surface area contributed by atoms with Crippen LogP contribution in [0.3, 0.4) is 0 Å². The molecule has 1 saturated heterocycles. The average molecular weight is 375 g/mol. The summed E-state index contributed by atoms with van der Waals surface area (Å²) >= 11 is 7.81. The van der Waals surface area contributed by atoms with Crippen LogP contribution in [0.4, 0.5) is 0 Å². The summed E-state index contributed by atoms with van der Waals surface area (Å²) in [5.41, 5.74) is 0.984. The molecule has 0 bridgehead atoms. The number of thioether (sulfide) groups is 1. The van der Waals surface area contributed by atoms with Crippen molar-refractivity contribution < 1.29 is 4.74 Å². The van der Waals surface area contributed by atoms with Gasteiger partial charge in [-0.2, -0.15) is 0 Å². The van der Waals surface area contributed by atoms with Gasteiger partial charge < -0.3 is 10.1 Å². The number of nitrogens with one attached hydrogen (secondary N) is 1. The molecule has 1 aromatic carbocycles. The molecular weight excluding hydrogens is 355 g/mol. The molecule has 0 aliphatic carbocycles. The second-order valence-electron chi connectivity index (χ2n) is 5.19. The van der Waals surface area contributed by atoms with Gasteiger partial charge >= 0.3 is 0 Å². The predicted molar refractivity (Wildman–Crippen MR) is 96.1 cm³/mol. The van der Waals surface area contributed by atoms with Gasteiger partial charge in [0.2, 0.25) is 0 Å². The van der Waals surface area contributed by atoms with Gasteiger partial charge in [-0.1, -0.05) is 29.4 Å². The summed E-state index contributed by atoms with van der Waals surface area (Å²) in [4.78, 5) is 0. The first-order valence-corrected chi connectivity index (χ1v) is 8.73. The highest BCUT2D eigenvalue weighted by atomic mass is 35.5. The molecule has 23 heavy (non-hydrogen) atoms. The van der Waals surface area contributed by atoms with E-state index in [1.165, 1.54) is 0 Å². The van der Waals surface area contributed by atoms with Crippen molar-refractivity contribution in [2.75, 3.05) is 19.4 Å². The van der Waals surface area contributed by atoms with E-state index in [9.17, 15) is 0 Å². The lowest BCUT2D eigenvalue weighted by atomic mass is 10.3. The summed E-state index contributed by atoms with van der Waals surface area (Å²) in [6.45, 7) is 1.53. The number of aromatic nitrogens is 3. The molecule has 5 nitrogen and oxygen atoms in total. The van der Waals surface area contributed by atoms with Crippen molar-refractivity contribution in [1.82, 2.24) is 20.1 Å². The van der Waals surface area contributed by atoms with Crippen molar-refractivity contribution in [2.45, 2.75) is 30.6 Å². The standard InChI is InChI=1S/C15H19ClN4OS.ClH/c1-17-9-14-18-19-15(22-10-13-6-3-7-21-13)20(14)12-5-2-4-11(16)8-12;/h2,4-5,8,13,17H,3,6-7,9-10H2,1H3;1H. The van der Waals surface area contributed by atoms with Gasteiger partial charge in [0.1, 0.15) is 0 Å². The Morgan fingerprint density at radius 1 is 1.43 bits per heavy atom. The maximum atomic E-state index is 6.13. The molecule has 8 heteroatoms. The molecule has 0 spiro atoms. The maximum Gasteiger partial charge on any atom is 0.195 e. The van der Waals surface area contributed by atoms with E-state index in [1.807, 2.05) is 31.3 Å². The molecule has 3 rings (SSSR count). The summed E-state index contributed by atoms with van der Waals surface area (Å²) in [5, 5.41) is 13.4. The van der Waals surface area contributed by atoms with Crippen LogP contribution in [0.15, 0.2) is 29.4 Å². The number of nitrogens with zero attached hydrogens (tertiary/aromatic N) is 3. The summed E-state index contributed by atoms with van der Waals surface area (Å²) < 4.78 is 7.74. The molecule has 2 aromatic rings. The summed E-state index contributed by atoms with van der Waals surface area (Å²) in [6.07, 6.45) is 2.60. The number of hydrogen-bond acceptors (Lipinski definition) is 5. The third-order valence-corrected chi connectivity index (χ3v) is 4.82. The van der Waals surface area contributed by atoms with E-state index < -0.39 is 0 Å². The molecule has 1 aromatic heterocycles. The Balaban J connectivity index is 0.00000192. The third kappa shape index (κ3) is 4.61. The van der Waals surface area contributed by atoms with Crippen LogP contribution >= 0.6 is 35.8 Å². The Morgan fingerprint density at radius 3 is 3.00 bits per heavy atom. The van der Waals surface area contributed by atoms with E-state index in [0.29, 0.717) is 17.7 Å². The quantitative estimate of drug-likeness (QED) is 0.785. The van der Waals surface area contributed by atoms with E-state index in [-0.39, 0.29) is 12.4 Å². The molecule has 1 aliphatic heterocycles. The van der Waals surface area contributed by atoms with Crippen LogP contribution in [-0.4, -0.2) is 40.3 Å². The maximum absolute atomic E-state index is 6.13. The minimum absolute atomic E-state index is 0. The van der Waals surface area contributed by atoms with Crippen LogP contribution in [0.2, 0.25) is 5.02 Å². The van der Waals surface area contributed by atoms with E-state index in [4.69, 9.17) is 16.3 Å². The van der Waals surface area contributed by atoms with E-state index in [0.717, 1.165) is 41.9 Å². The van der Waals surface area contributed by atoms with Crippen LogP contribution in [0.25, 0.3) is 5.69 Å². The molecule has 126 valence electrons. The highest BCUT2D eigenvalue weighted by Crippen LogP contribution is 2.26. The molecule has 1 fully saturated rings. The lowest BCUT2D eigenvalue weighted by Gasteiger charge is -2.12. The Bertz CT molecular complexity index is 632. The monoisotopic (exact) mass is 374 g/mol. The van der Waals surface area contributed by atoms with Gasteiger partial charge in [0.15, 0.2) is 11.0 Å². The van der Waals surface area contributed by atoms with Gasteiger partial charge in [-0.05, 0) is 38.1 Å². The van der Waals surface area contributed by atoms with E-state index in [1.54, 1.807) is 11.8 Å². The lowest BCUT2D eigenvalue weighted by Crippen LogP contribution is -2.13. The van der Waals surface area contributed by atoms with Gasteiger partial charge in [-0.3, -0.25) is 4.57 Å². The first kappa shape index (κ1) is 18.5. The Hall–Kier alpha value is -0.790. The summed E-state index contributed by atoms with van der Waals surface area (Å²) in [7, 11) is 1.90. The molecule has 1 atom stereocenters. The third-order valence-electron chi connectivity index (χ3n) is 3.52. The van der Waals surface area contributed by atoms with Crippen LogP contribution in [0.1, 0.15) is 18.7 Å². The first-order chi connectivity index (χ1) is 10.8. The Kier molecular flexibility index (Phi) is 7.17. The van der Waals surface area contributed by atoms with Crippen molar-refractivity contribution in [3.63, 3.8) is 0 Å². The normalized spacial score (nSPS) is 17.2. The topological polar surface area (TPSA) is 52.0 Å². The molecular formula is C15H20Cl2N4OS. The largest absolute Gasteiger partial charge is 0.377 e. The van der Waals surface area contributed by atoms with Crippen molar-refractivity contribution in [1.29, 1.82) is 0 Å². The lowest BCUT2D eigenvalue weighted by molar-refractivity contribution is 0.129. The zero-order valence-electron chi connectivity index (χ0n) is 12.9. The molecule has 0 radical (unpaired) electrons. The molecule has 0 saturated carbocycles. The molecule has 1 aliphatic rings. The van der Waals surface area contributed by atoms with Gasteiger partial charge in [0.25, 0.3) is 0 Å². The molecule has 0 amide bonds. The number of rotatable bonds is 6. The number of benzene rings is 1. The van der Waals surface area contributed by atoms with Crippen LogP contribution in [0.5, 0.6) is 0 Å². The smallest absolute Gasteiger partial charge is 0.195 e. The van der Waals surface area contributed by atoms with Crippen LogP contribution < -0.4 is 5.32 Å². The predicted octanol–water partition coefficient (Wildman–Crippen LogP) is 3.33. The molecule has 1 unspecified atom stereocenters. The van der Waals surface area contributed by atoms with Gasteiger partial charge in [0, 0.05) is 17.4 Å².